The van der Waals surface area contributed by atoms with Crippen molar-refractivity contribution in [3.8, 4) is 5.88 Å². The molecule has 0 spiro atoms. The Morgan fingerprint density at radius 3 is 2.78 bits per heavy atom. The minimum Gasteiger partial charge on any atom is -0.481 e. The van der Waals surface area contributed by atoms with Gasteiger partial charge in [-0.25, -0.2) is 4.98 Å². The molecule has 0 atom stereocenters. The molecule has 0 aliphatic carbocycles. The highest BCUT2D eigenvalue weighted by Crippen LogP contribution is 2.13. The Labute approximate surface area is 105 Å². The Hall–Kier alpha value is -2.43. The quantitative estimate of drug-likeness (QED) is 0.874. The smallest absolute Gasteiger partial charge is 0.267 e. The van der Waals surface area contributed by atoms with E-state index >= 15 is 0 Å². The lowest BCUT2D eigenvalue weighted by atomic mass is 10.0. The molecule has 0 saturated heterocycles. The molecule has 2 rings (SSSR count). The Bertz CT molecular complexity index is 552. The van der Waals surface area contributed by atoms with Gasteiger partial charge in [-0.2, -0.15) is 0 Å². The fraction of sp³-hybridized carbons (Fsp3) is 0.154. The van der Waals surface area contributed by atoms with E-state index in [0.29, 0.717) is 18.0 Å². The molecule has 18 heavy (non-hydrogen) atoms. The van der Waals surface area contributed by atoms with Crippen molar-refractivity contribution in [1.29, 1.82) is 0 Å². The van der Waals surface area contributed by atoms with Gasteiger partial charge >= 0.3 is 0 Å². The van der Waals surface area contributed by atoms with E-state index in [0.717, 1.165) is 11.1 Å². The number of hydrogen-bond donors (Lipinski definition) is 1. The van der Waals surface area contributed by atoms with Crippen molar-refractivity contribution >= 4 is 5.91 Å². The van der Waals surface area contributed by atoms with Crippen LogP contribution in [-0.2, 0) is 6.42 Å². The van der Waals surface area contributed by atoms with Crippen molar-refractivity contribution in [2.75, 3.05) is 7.11 Å². The molecule has 0 bridgehead atoms. The lowest BCUT2D eigenvalue weighted by molar-refractivity contribution is 0.0994. The van der Waals surface area contributed by atoms with E-state index in [1.54, 1.807) is 31.6 Å². The molecule has 1 amide bonds. The Kier molecular flexibility index (Phi) is 3.52. The maximum absolute atomic E-state index is 11.2. The van der Waals surface area contributed by atoms with Gasteiger partial charge in [0.05, 0.1) is 7.11 Å². The summed E-state index contributed by atoms with van der Waals surface area (Å²) in [5.41, 5.74) is 7.33. The van der Waals surface area contributed by atoms with Crippen LogP contribution < -0.4 is 10.5 Å². The topological polar surface area (TPSA) is 78.1 Å². The molecule has 0 unspecified atom stereocenters. The first kappa shape index (κ1) is 12.0. The number of pyridine rings is 2. The summed E-state index contributed by atoms with van der Waals surface area (Å²) in [4.78, 5) is 19.3. The number of nitrogens with two attached hydrogens (primary N) is 1. The van der Waals surface area contributed by atoms with Crippen LogP contribution in [0.2, 0.25) is 0 Å². The third-order valence-electron chi connectivity index (χ3n) is 2.53. The number of hydrogen-bond acceptors (Lipinski definition) is 4. The zero-order valence-corrected chi connectivity index (χ0v) is 9.96. The van der Waals surface area contributed by atoms with Crippen LogP contribution in [-0.4, -0.2) is 23.0 Å². The molecule has 5 heteroatoms. The normalized spacial score (nSPS) is 10.1. The molecule has 2 aromatic rings. The number of ether oxygens (including phenoxy) is 1. The maximum Gasteiger partial charge on any atom is 0.267 e. The standard InChI is InChI=1S/C13H13N3O2/c1-18-11-5-4-9(8-16-11)7-10-3-2-6-15-12(10)13(14)17/h2-6,8H,7H2,1H3,(H2,14,17). The van der Waals surface area contributed by atoms with Gasteiger partial charge in [0.2, 0.25) is 5.88 Å². The molecule has 0 aliphatic heterocycles. The molecule has 2 N–H and O–H groups in total. The molecule has 0 aliphatic rings. The molecule has 0 saturated carbocycles. The summed E-state index contributed by atoms with van der Waals surface area (Å²) in [6, 6.07) is 7.27. The Morgan fingerprint density at radius 2 is 2.17 bits per heavy atom. The zero-order valence-electron chi connectivity index (χ0n) is 9.96. The van der Waals surface area contributed by atoms with Crippen molar-refractivity contribution in [3.63, 3.8) is 0 Å². The summed E-state index contributed by atoms with van der Waals surface area (Å²) in [6.45, 7) is 0. The summed E-state index contributed by atoms with van der Waals surface area (Å²) in [7, 11) is 1.56. The molecule has 92 valence electrons. The van der Waals surface area contributed by atoms with E-state index in [2.05, 4.69) is 9.97 Å². The first-order valence-electron chi connectivity index (χ1n) is 5.43. The van der Waals surface area contributed by atoms with Crippen LogP contribution in [0.15, 0.2) is 36.7 Å². The van der Waals surface area contributed by atoms with Gasteiger partial charge < -0.3 is 10.5 Å². The Balaban J connectivity index is 2.25. The SMILES string of the molecule is COc1ccc(Cc2cccnc2C(N)=O)cn1. The van der Waals surface area contributed by atoms with Gasteiger partial charge in [-0.1, -0.05) is 12.1 Å². The number of carbonyl (C=O) groups is 1. The number of carbonyl (C=O) groups excluding carboxylic acids is 1. The number of amides is 1. The molecule has 0 radical (unpaired) electrons. The molecule has 2 heterocycles. The van der Waals surface area contributed by atoms with Gasteiger partial charge in [-0.05, 0) is 17.2 Å². The van der Waals surface area contributed by atoms with E-state index < -0.39 is 5.91 Å². The number of nitrogens with zero attached hydrogens (tertiary/aromatic N) is 2. The average molecular weight is 243 g/mol. The first-order chi connectivity index (χ1) is 8.70. The van der Waals surface area contributed by atoms with Gasteiger partial charge in [0.15, 0.2) is 0 Å². The molecule has 0 aromatic carbocycles. The van der Waals surface area contributed by atoms with E-state index in [1.165, 1.54) is 0 Å². The largest absolute Gasteiger partial charge is 0.481 e. The highest BCUT2D eigenvalue weighted by atomic mass is 16.5. The van der Waals surface area contributed by atoms with Gasteiger partial charge in [-0.15, -0.1) is 0 Å². The lowest BCUT2D eigenvalue weighted by Crippen LogP contribution is -2.15. The molecule has 0 fully saturated rings. The van der Waals surface area contributed by atoms with Gasteiger partial charge in [-0.3, -0.25) is 9.78 Å². The minimum atomic E-state index is -0.521. The highest BCUT2D eigenvalue weighted by molar-refractivity contribution is 5.92. The van der Waals surface area contributed by atoms with Crippen LogP contribution in [0, 0.1) is 0 Å². The fourth-order valence-corrected chi connectivity index (χ4v) is 1.66. The van der Waals surface area contributed by atoms with Gasteiger partial charge in [0.1, 0.15) is 5.69 Å². The summed E-state index contributed by atoms with van der Waals surface area (Å²) >= 11 is 0. The van der Waals surface area contributed by atoms with Crippen LogP contribution in [0.3, 0.4) is 0 Å². The van der Waals surface area contributed by atoms with Crippen molar-refractivity contribution in [2.24, 2.45) is 5.73 Å². The van der Waals surface area contributed by atoms with Crippen molar-refractivity contribution < 1.29 is 9.53 Å². The zero-order chi connectivity index (χ0) is 13.0. The number of rotatable bonds is 4. The maximum atomic E-state index is 11.2. The third kappa shape index (κ3) is 2.63. The van der Waals surface area contributed by atoms with Crippen LogP contribution in [0.25, 0.3) is 0 Å². The summed E-state index contributed by atoms with van der Waals surface area (Å²) in [6.07, 6.45) is 3.82. The third-order valence-corrected chi connectivity index (χ3v) is 2.53. The second-order valence-electron chi connectivity index (χ2n) is 3.76. The van der Waals surface area contributed by atoms with Crippen molar-refractivity contribution in [2.45, 2.75) is 6.42 Å². The molecular formula is C13H13N3O2. The van der Waals surface area contributed by atoms with Gasteiger partial charge in [0.25, 0.3) is 5.91 Å². The monoisotopic (exact) mass is 243 g/mol. The van der Waals surface area contributed by atoms with E-state index in [9.17, 15) is 4.79 Å². The summed E-state index contributed by atoms with van der Waals surface area (Å²) in [5.74, 6) is 0.0344. The predicted octanol–water partition coefficient (Wildman–Crippen LogP) is 1.17. The second kappa shape index (κ2) is 5.27. The minimum absolute atomic E-state index is 0.299. The molecule has 5 nitrogen and oxygen atoms in total. The van der Waals surface area contributed by atoms with Crippen molar-refractivity contribution in [3.05, 3.63) is 53.5 Å². The number of methoxy groups -OCH3 is 1. The highest BCUT2D eigenvalue weighted by Gasteiger charge is 2.09. The number of aromatic nitrogens is 2. The Morgan fingerprint density at radius 1 is 1.33 bits per heavy atom. The second-order valence-corrected chi connectivity index (χ2v) is 3.76. The summed E-state index contributed by atoms with van der Waals surface area (Å²) < 4.78 is 4.98. The van der Waals surface area contributed by atoms with Crippen LogP contribution >= 0.6 is 0 Å². The van der Waals surface area contributed by atoms with Crippen LogP contribution in [0.1, 0.15) is 21.6 Å². The lowest BCUT2D eigenvalue weighted by Gasteiger charge is -2.06. The first-order valence-corrected chi connectivity index (χ1v) is 5.43. The van der Waals surface area contributed by atoms with Crippen LogP contribution in [0.4, 0.5) is 0 Å². The van der Waals surface area contributed by atoms with Crippen molar-refractivity contribution in [1.82, 2.24) is 9.97 Å². The summed E-state index contributed by atoms with van der Waals surface area (Å²) in [5, 5.41) is 0. The van der Waals surface area contributed by atoms with E-state index in [4.69, 9.17) is 10.5 Å². The molecule has 2 aromatic heterocycles. The average Bonchev–Trinajstić information content (AvgIpc) is 2.40. The van der Waals surface area contributed by atoms with E-state index in [-0.39, 0.29) is 0 Å². The number of primary amides is 1. The predicted molar refractivity (Wildman–Crippen MR) is 66.3 cm³/mol. The van der Waals surface area contributed by atoms with Crippen LogP contribution in [0.5, 0.6) is 5.88 Å². The van der Waals surface area contributed by atoms with Gasteiger partial charge in [0, 0.05) is 24.9 Å². The van der Waals surface area contributed by atoms with E-state index in [1.807, 2.05) is 12.1 Å². The molecular weight excluding hydrogens is 230 g/mol. The fourth-order valence-electron chi connectivity index (χ4n) is 1.66.